The first-order chi connectivity index (χ1) is 5.97. The van der Waals surface area contributed by atoms with E-state index in [1.54, 1.807) is 25.0 Å². The predicted molar refractivity (Wildman–Crippen MR) is 45.8 cm³/mol. The standard InChI is InChI=1S/C10H8O2/c1-5-11-6-2-9(1)10-3-7-12-8-4-10/h1-8H. The van der Waals surface area contributed by atoms with Gasteiger partial charge in [-0.3, -0.25) is 0 Å². The summed E-state index contributed by atoms with van der Waals surface area (Å²) in [6.45, 7) is 0. The van der Waals surface area contributed by atoms with Gasteiger partial charge in [-0.15, -0.1) is 0 Å². The van der Waals surface area contributed by atoms with Crippen molar-refractivity contribution in [3.8, 4) is 0 Å². The summed E-state index contributed by atoms with van der Waals surface area (Å²) in [7, 11) is 0. The minimum absolute atomic E-state index is 1.12. The van der Waals surface area contributed by atoms with Crippen LogP contribution in [0.4, 0.5) is 0 Å². The molecule has 2 aliphatic rings. The van der Waals surface area contributed by atoms with Gasteiger partial charge in [0.2, 0.25) is 0 Å². The van der Waals surface area contributed by atoms with Gasteiger partial charge in [-0.2, -0.15) is 0 Å². The first-order valence-electron chi connectivity index (χ1n) is 3.68. The lowest BCUT2D eigenvalue weighted by Gasteiger charge is -2.06. The van der Waals surface area contributed by atoms with E-state index in [-0.39, 0.29) is 0 Å². The minimum atomic E-state index is 1.12. The van der Waals surface area contributed by atoms with E-state index in [0.717, 1.165) is 11.1 Å². The second-order valence-electron chi connectivity index (χ2n) is 2.39. The van der Waals surface area contributed by atoms with E-state index < -0.39 is 0 Å². The van der Waals surface area contributed by atoms with Gasteiger partial charge in [-0.25, -0.2) is 0 Å². The van der Waals surface area contributed by atoms with Crippen molar-refractivity contribution in [2.75, 3.05) is 0 Å². The molecule has 0 radical (unpaired) electrons. The van der Waals surface area contributed by atoms with Crippen LogP contribution in [0.15, 0.2) is 60.5 Å². The smallest absolute Gasteiger partial charge is 0.0907 e. The van der Waals surface area contributed by atoms with Gasteiger partial charge in [-0.1, -0.05) is 0 Å². The van der Waals surface area contributed by atoms with Gasteiger partial charge in [-0.05, 0) is 35.5 Å². The van der Waals surface area contributed by atoms with Gasteiger partial charge in [0, 0.05) is 0 Å². The SMILES string of the molecule is C1=CC(=C2C=COC=C2)C=CO1. The number of ether oxygens (including phenoxy) is 2. The first kappa shape index (κ1) is 6.98. The van der Waals surface area contributed by atoms with Crippen LogP contribution in [0.5, 0.6) is 0 Å². The maximum absolute atomic E-state index is 4.92. The fourth-order valence-corrected chi connectivity index (χ4v) is 1.04. The lowest BCUT2D eigenvalue weighted by molar-refractivity contribution is 0.395. The molecule has 0 saturated carbocycles. The van der Waals surface area contributed by atoms with E-state index >= 15 is 0 Å². The zero-order valence-electron chi connectivity index (χ0n) is 6.44. The zero-order chi connectivity index (χ0) is 8.23. The molecule has 2 nitrogen and oxygen atoms in total. The normalized spacial score (nSPS) is 19.3. The Morgan fingerprint density at radius 3 is 1.25 bits per heavy atom. The van der Waals surface area contributed by atoms with E-state index in [0.29, 0.717) is 0 Å². The van der Waals surface area contributed by atoms with Crippen molar-refractivity contribution in [3.63, 3.8) is 0 Å². The van der Waals surface area contributed by atoms with Gasteiger partial charge >= 0.3 is 0 Å². The molecule has 12 heavy (non-hydrogen) atoms. The molecule has 2 rings (SSSR count). The van der Waals surface area contributed by atoms with Gasteiger partial charge in [0.1, 0.15) is 0 Å². The Hall–Kier alpha value is -1.70. The van der Waals surface area contributed by atoms with Gasteiger partial charge in [0.25, 0.3) is 0 Å². The van der Waals surface area contributed by atoms with Crippen LogP contribution < -0.4 is 0 Å². The molecule has 0 spiro atoms. The Morgan fingerprint density at radius 1 is 0.583 bits per heavy atom. The maximum atomic E-state index is 4.92. The molecule has 0 bridgehead atoms. The fourth-order valence-electron chi connectivity index (χ4n) is 1.04. The van der Waals surface area contributed by atoms with Crippen molar-refractivity contribution < 1.29 is 9.47 Å². The highest BCUT2D eigenvalue weighted by molar-refractivity contribution is 5.47. The average molecular weight is 160 g/mol. The van der Waals surface area contributed by atoms with Crippen LogP contribution >= 0.6 is 0 Å². The number of allylic oxidation sites excluding steroid dienone is 6. The molecule has 0 atom stereocenters. The van der Waals surface area contributed by atoms with Crippen molar-refractivity contribution in [3.05, 3.63) is 60.5 Å². The molecule has 0 amide bonds. The van der Waals surface area contributed by atoms with Crippen molar-refractivity contribution in [1.29, 1.82) is 0 Å². The van der Waals surface area contributed by atoms with Crippen LogP contribution in [0.1, 0.15) is 0 Å². The van der Waals surface area contributed by atoms with E-state index in [4.69, 9.17) is 9.47 Å². The molecule has 0 aromatic rings. The van der Waals surface area contributed by atoms with Crippen molar-refractivity contribution in [1.82, 2.24) is 0 Å². The van der Waals surface area contributed by atoms with Crippen molar-refractivity contribution in [2.45, 2.75) is 0 Å². The summed E-state index contributed by atoms with van der Waals surface area (Å²) in [5, 5.41) is 0. The van der Waals surface area contributed by atoms with Crippen LogP contribution in [0.2, 0.25) is 0 Å². The highest BCUT2D eigenvalue weighted by Crippen LogP contribution is 2.16. The molecule has 0 aromatic carbocycles. The summed E-state index contributed by atoms with van der Waals surface area (Å²) in [6.07, 6.45) is 14.3. The summed E-state index contributed by atoms with van der Waals surface area (Å²) in [5.41, 5.74) is 2.24. The van der Waals surface area contributed by atoms with Gasteiger partial charge < -0.3 is 9.47 Å². The quantitative estimate of drug-likeness (QED) is 0.541. The Morgan fingerprint density at radius 2 is 0.917 bits per heavy atom. The highest BCUT2D eigenvalue weighted by atomic mass is 16.5. The molecule has 0 unspecified atom stereocenters. The summed E-state index contributed by atoms with van der Waals surface area (Å²) >= 11 is 0. The molecule has 0 aromatic heterocycles. The van der Waals surface area contributed by atoms with E-state index in [9.17, 15) is 0 Å². The second kappa shape index (κ2) is 3.13. The maximum Gasteiger partial charge on any atom is 0.0907 e. The van der Waals surface area contributed by atoms with Crippen LogP contribution in [-0.4, -0.2) is 0 Å². The minimum Gasteiger partial charge on any atom is -0.473 e. The molecule has 0 fully saturated rings. The molecular weight excluding hydrogens is 152 g/mol. The number of hydrogen-bond acceptors (Lipinski definition) is 2. The molecule has 0 saturated heterocycles. The predicted octanol–water partition coefficient (Wildman–Crippen LogP) is 2.40. The van der Waals surface area contributed by atoms with E-state index in [2.05, 4.69) is 0 Å². The zero-order valence-corrected chi connectivity index (χ0v) is 6.44. The Labute approximate surface area is 70.8 Å². The van der Waals surface area contributed by atoms with Crippen LogP contribution in [0.3, 0.4) is 0 Å². The lowest BCUT2D eigenvalue weighted by Crippen LogP contribution is -1.88. The first-order valence-corrected chi connectivity index (χ1v) is 3.68. The van der Waals surface area contributed by atoms with Crippen LogP contribution in [0.25, 0.3) is 0 Å². The molecule has 2 aliphatic heterocycles. The second-order valence-corrected chi connectivity index (χ2v) is 2.39. The summed E-state index contributed by atoms with van der Waals surface area (Å²) in [4.78, 5) is 0. The largest absolute Gasteiger partial charge is 0.473 e. The summed E-state index contributed by atoms with van der Waals surface area (Å²) < 4.78 is 9.83. The topological polar surface area (TPSA) is 18.5 Å². The molecule has 0 aliphatic carbocycles. The molecule has 0 N–H and O–H groups in total. The van der Waals surface area contributed by atoms with E-state index in [1.165, 1.54) is 0 Å². The highest BCUT2D eigenvalue weighted by Gasteiger charge is 2.00. The Balaban J connectivity index is 2.34. The molecule has 60 valence electrons. The van der Waals surface area contributed by atoms with Crippen molar-refractivity contribution >= 4 is 0 Å². The molecule has 2 heterocycles. The third-order valence-corrected chi connectivity index (χ3v) is 1.64. The number of hydrogen-bond donors (Lipinski definition) is 0. The van der Waals surface area contributed by atoms with Crippen LogP contribution in [-0.2, 0) is 9.47 Å². The monoisotopic (exact) mass is 160 g/mol. The van der Waals surface area contributed by atoms with Gasteiger partial charge in [0.05, 0.1) is 25.0 Å². The van der Waals surface area contributed by atoms with Crippen molar-refractivity contribution in [2.24, 2.45) is 0 Å². The van der Waals surface area contributed by atoms with Gasteiger partial charge in [0.15, 0.2) is 0 Å². The Kier molecular flexibility index (Phi) is 1.82. The van der Waals surface area contributed by atoms with Crippen LogP contribution in [0, 0.1) is 0 Å². The third-order valence-electron chi connectivity index (χ3n) is 1.64. The molecular formula is C10H8O2. The average Bonchev–Trinajstić information content (AvgIpc) is 2.21. The number of rotatable bonds is 0. The summed E-state index contributed by atoms with van der Waals surface area (Å²) in [6, 6.07) is 0. The third kappa shape index (κ3) is 1.32. The Bertz CT molecular complexity index is 257. The molecule has 2 heteroatoms. The van der Waals surface area contributed by atoms with E-state index in [1.807, 2.05) is 24.3 Å². The summed E-state index contributed by atoms with van der Waals surface area (Å²) in [5.74, 6) is 0. The lowest BCUT2D eigenvalue weighted by atomic mass is 10.1. The fraction of sp³-hybridized carbons (Fsp3) is 0.